The van der Waals surface area contributed by atoms with Crippen LogP contribution >= 0.6 is 0 Å². The molecule has 1 N–H and O–H groups in total. The summed E-state index contributed by atoms with van der Waals surface area (Å²) in [5.41, 5.74) is 2.71. The van der Waals surface area contributed by atoms with Crippen LogP contribution in [0.15, 0.2) is 24.3 Å². The van der Waals surface area contributed by atoms with E-state index in [-0.39, 0.29) is 18.9 Å². The zero-order valence-electron chi connectivity index (χ0n) is 16.1. The topological polar surface area (TPSA) is 85.8 Å². The molecule has 8 nitrogen and oxygen atoms in total. The molecular weight excluding hydrogens is 360 g/mol. The number of fused-ring (bicyclic) bond motifs is 1. The number of aromatic nitrogens is 2. The number of urea groups is 1. The average Bonchev–Trinajstić information content (AvgIpc) is 3.13. The molecule has 1 fully saturated rings. The Hall–Kier alpha value is -3.03. The van der Waals surface area contributed by atoms with Gasteiger partial charge in [-0.2, -0.15) is 0 Å². The summed E-state index contributed by atoms with van der Waals surface area (Å²) in [6.07, 6.45) is 1.65. The molecule has 3 heterocycles. The lowest BCUT2D eigenvalue weighted by Crippen LogP contribution is -2.48. The van der Waals surface area contributed by atoms with Crippen LogP contribution in [-0.2, 0) is 6.54 Å². The molecule has 1 aromatic heterocycles. The van der Waals surface area contributed by atoms with Crippen LogP contribution in [0.3, 0.4) is 0 Å². The third kappa shape index (κ3) is 4.27. The standard InChI is InChI=1S/C20H24N4O4/c1-13-8-14(2)23-19(22-13)28-16-4-3-7-24(11-16)20(25)21-10-15-5-6-17-18(9-15)27-12-26-17/h5-6,8-9,16H,3-4,7,10-12H2,1-2H3,(H,21,25)/t16-/m1/s1. The van der Waals surface area contributed by atoms with Gasteiger partial charge in [-0.1, -0.05) is 6.07 Å². The maximum Gasteiger partial charge on any atom is 0.317 e. The number of carbonyl (C=O) groups is 1. The summed E-state index contributed by atoms with van der Waals surface area (Å²) >= 11 is 0. The molecule has 0 saturated carbocycles. The minimum atomic E-state index is -0.105. The molecule has 28 heavy (non-hydrogen) atoms. The maximum absolute atomic E-state index is 12.6. The van der Waals surface area contributed by atoms with Crippen molar-refractivity contribution in [2.45, 2.75) is 39.3 Å². The number of piperidine rings is 1. The number of rotatable bonds is 4. The second-order valence-corrected chi connectivity index (χ2v) is 7.11. The van der Waals surface area contributed by atoms with Crippen molar-refractivity contribution in [3.8, 4) is 17.5 Å². The third-order valence-corrected chi connectivity index (χ3v) is 4.78. The van der Waals surface area contributed by atoms with E-state index in [1.165, 1.54) is 0 Å². The second-order valence-electron chi connectivity index (χ2n) is 7.11. The van der Waals surface area contributed by atoms with Crippen molar-refractivity contribution in [2.24, 2.45) is 0 Å². The molecular formula is C20H24N4O4. The van der Waals surface area contributed by atoms with Gasteiger partial charge in [0.15, 0.2) is 11.5 Å². The first-order valence-corrected chi connectivity index (χ1v) is 9.47. The molecule has 0 unspecified atom stereocenters. The van der Waals surface area contributed by atoms with Crippen molar-refractivity contribution in [3.63, 3.8) is 0 Å². The minimum absolute atomic E-state index is 0.104. The molecule has 2 amide bonds. The van der Waals surface area contributed by atoms with Gasteiger partial charge in [0.2, 0.25) is 6.79 Å². The van der Waals surface area contributed by atoms with E-state index in [1.54, 1.807) is 4.90 Å². The van der Waals surface area contributed by atoms with Gasteiger partial charge in [0.1, 0.15) is 6.10 Å². The highest BCUT2D eigenvalue weighted by molar-refractivity contribution is 5.74. The predicted molar refractivity (Wildman–Crippen MR) is 102 cm³/mol. The van der Waals surface area contributed by atoms with Gasteiger partial charge in [0, 0.05) is 24.5 Å². The highest BCUT2D eigenvalue weighted by atomic mass is 16.7. The molecule has 0 spiro atoms. The van der Waals surface area contributed by atoms with Gasteiger partial charge in [-0.3, -0.25) is 0 Å². The van der Waals surface area contributed by atoms with Crippen molar-refractivity contribution in [1.82, 2.24) is 20.2 Å². The summed E-state index contributed by atoms with van der Waals surface area (Å²) in [5, 5.41) is 2.97. The van der Waals surface area contributed by atoms with Gasteiger partial charge in [-0.25, -0.2) is 14.8 Å². The van der Waals surface area contributed by atoms with Gasteiger partial charge in [0.25, 0.3) is 0 Å². The van der Waals surface area contributed by atoms with Crippen LogP contribution in [0, 0.1) is 13.8 Å². The Labute approximate surface area is 163 Å². The molecule has 2 aliphatic rings. The summed E-state index contributed by atoms with van der Waals surface area (Å²) in [7, 11) is 0. The Balaban J connectivity index is 1.31. The number of ether oxygens (including phenoxy) is 3. The van der Waals surface area contributed by atoms with E-state index in [4.69, 9.17) is 14.2 Å². The van der Waals surface area contributed by atoms with Crippen molar-refractivity contribution in [2.75, 3.05) is 19.9 Å². The van der Waals surface area contributed by atoms with Crippen LogP contribution in [0.2, 0.25) is 0 Å². The molecule has 0 radical (unpaired) electrons. The highest BCUT2D eigenvalue weighted by Gasteiger charge is 2.25. The summed E-state index contributed by atoms with van der Waals surface area (Å²) < 4.78 is 16.6. The fraction of sp³-hybridized carbons (Fsp3) is 0.450. The van der Waals surface area contributed by atoms with E-state index in [0.717, 1.165) is 35.5 Å². The van der Waals surface area contributed by atoms with E-state index in [2.05, 4.69) is 15.3 Å². The lowest BCUT2D eigenvalue weighted by Gasteiger charge is -2.32. The normalized spacial score (nSPS) is 18.1. The molecule has 1 atom stereocenters. The molecule has 148 valence electrons. The summed E-state index contributed by atoms with van der Waals surface area (Å²) in [4.78, 5) is 23.0. The Morgan fingerprint density at radius 1 is 1.21 bits per heavy atom. The Morgan fingerprint density at radius 3 is 2.82 bits per heavy atom. The molecule has 2 aromatic rings. The molecule has 0 aliphatic carbocycles. The van der Waals surface area contributed by atoms with Gasteiger partial charge >= 0.3 is 12.0 Å². The number of carbonyl (C=O) groups excluding carboxylic acids is 1. The smallest absolute Gasteiger partial charge is 0.317 e. The van der Waals surface area contributed by atoms with Crippen molar-refractivity contribution in [1.29, 1.82) is 0 Å². The molecule has 2 aliphatic heterocycles. The Morgan fingerprint density at radius 2 is 2.00 bits per heavy atom. The van der Waals surface area contributed by atoms with Crippen LogP contribution < -0.4 is 19.5 Å². The first-order valence-electron chi connectivity index (χ1n) is 9.47. The summed E-state index contributed by atoms with van der Waals surface area (Å²) in [6, 6.07) is 7.86. The summed E-state index contributed by atoms with van der Waals surface area (Å²) in [6.45, 7) is 5.72. The number of likely N-dealkylation sites (tertiary alicyclic amines) is 1. The van der Waals surface area contributed by atoms with E-state index < -0.39 is 0 Å². The first-order chi connectivity index (χ1) is 13.6. The van der Waals surface area contributed by atoms with Crippen LogP contribution in [-0.4, -0.2) is 46.9 Å². The number of hydrogen-bond donors (Lipinski definition) is 1. The number of amides is 2. The number of nitrogens with one attached hydrogen (secondary N) is 1. The summed E-state index contributed by atoms with van der Waals surface area (Å²) in [5.74, 6) is 1.45. The molecule has 8 heteroatoms. The van der Waals surface area contributed by atoms with Crippen LogP contribution in [0.1, 0.15) is 29.8 Å². The van der Waals surface area contributed by atoms with Gasteiger partial charge in [-0.15, -0.1) is 0 Å². The fourth-order valence-corrected chi connectivity index (χ4v) is 3.45. The molecule has 1 aromatic carbocycles. The van der Waals surface area contributed by atoms with E-state index in [1.807, 2.05) is 38.1 Å². The van der Waals surface area contributed by atoms with Gasteiger partial charge < -0.3 is 24.4 Å². The van der Waals surface area contributed by atoms with E-state index in [9.17, 15) is 4.79 Å². The van der Waals surface area contributed by atoms with Crippen molar-refractivity contribution in [3.05, 3.63) is 41.2 Å². The van der Waals surface area contributed by atoms with Crippen molar-refractivity contribution >= 4 is 6.03 Å². The predicted octanol–water partition coefficient (Wildman–Crippen LogP) is 2.58. The average molecular weight is 384 g/mol. The minimum Gasteiger partial charge on any atom is -0.458 e. The first kappa shape index (κ1) is 18.3. The Bertz CT molecular complexity index is 853. The number of aryl methyl sites for hydroxylation is 2. The number of hydrogen-bond acceptors (Lipinski definition) is 6. The number of nitrogens with zero attached hydrogens (tertiary/aromatic N) is 3. The highest BCUT2D eigenvalue weighted by Crippen LogP contribution is 2.32. The second kappa shape index (κ2) is 7.92. The third-order valence-electron chi connectivity index (χ3n) is 4.78. The maximum atomic E-state index is 12.6. The van der Waals surface area contributed by atoms with Crippen LogP contribution in [0.5, 0.6) is 17.5 Å². The quantitative estimate of drug-likeness (QED) is 0.872. The van der Waals surface area contributed by atoms with Crippen LogP contribution in [0.25, 0.3) is 0 Å². The Kier molecular flexibility index (Phi) is 5.18. The molecule has 0 bridgehead atoms. The molecule has 1 saturated heterocycles. The fourth-order valence-electron chi connectivity index (χ4n) is 3.45. The number of benzene rings is 1. The van der Waals surface area contributed by atoms with Gasteiger partial charge in [-0.05, 0) is 50.5 Å². The van der Waals surface area contributed by atoms with Crippen LogP contribution in [0.4, 0.5) is 4.79 Å². The lowest BCUT2D eigenvalue weighted by atomic mass is 10.1. The SMILES string of the molecule is Cc1cc(C)nc(O[C@@H]2CCCN(C(=O)NCc3ccc4c(c3)OCO4)C2)n1. The zero-order chi connectivity index (χ0) is 19.5. The largest absolute Gasteiger partial charge is 0.458 e. The molecule has 4 rings (SSSR count). The van der Waals surface area contributed by atoms with E-state index >= 15 is 0 Å². The zero-order valence-corrected chi connectivity index (χ0v) is 16.1. The lowest BCUT2D eigenvalue weighted by molar-refractivity contribution is 0.0935. The van der Waals surface area contributed by atoms with Gasteiger partial charge in [0.05, 0.1) is 6.54 Å². The van der Waals surface area contributed by atoms with Crippen molar-refractivity contribution < 1.29 is 19.0 Å². The van der Waals surface area contributed by atoms with E-state index in [0.29, 0.717) is 31.4 Å². The monoisotopic (exact) mass is 384 g/mol.